The topological polar surface area (TPSA) is 51.8 Å². The van der Waals surface area contributed by atoms with Crippen LogP contribution in [0.2, 0.25) is 0 Å². The van der Waals surface area contributed by atoms with E-state index in [9.17, 15) is 26.3 Å². The number of hydrogen-bond acceptors (Lipinski definition) is 4. The maximum Gasteiger partial charge on any atom is 0.416 e. The number of anilines is 1. The SMILES string of the molecule is Nc1ncc(-c2ccccc2)nc1Sc1cc(C(F)(F)F)cc(C(F)(F)F)c1. The van der Waals surface area contributed by atoms with Gasteiger partial charge in [-0.05, 0) is 18.2 Å². The molecule has 146 valence electrons. The smallest absolute Gasteiger partial charge is 0.381 e. The summed E-state index contributed by atoms with van der Waals surface area (Å²) in [7, 11) is 0. The first-order valence-corrected chi connectivity index (χ1v) is 8.51. The molecule has 0 saturated heterocycles. The summed E-state index contributed by atoms with van der Waals surface area (Å²) >= 11 is 0.585. The second-order valence-electron chi connectivity index (χ2n) is 5.66. The molecule has 2 aromatic carbocycles. The molecule has 3 rings (SSSR count). The van der Waals surface area contributed by atoms with Crippen molar-refractivity contribution in [2.24, 2.45) is 0 Å². The van der Waals surface area contributed by atoms with E-state index in [0.29, 0.717) is 35.2 Å². The molecule has 0 fully saturated rings. The molecule has 0 saturated carbocycles. The van der Waals surface area contributed by atoms with E-state index in [0.717, 1.165) is 0 Å². The molecule has 3 nitrogen and oxygen atoms in total. The highest BCUT2D eigenvalue weighted by Gasteiger charge is 2.37. The first-order valence-electron chi connectivity index (χ1n) is 7.69. The van der Waals surface area contributed by atoms with Gasteiger partial charge in [0.1, 0.15) is 5.03 Å². The van der Waals surface area contributed by atoms with Crippen LogP contribution < -0.4 is 5.73 Å². The van der Waals surface area contributed by atoms with Gasteiger partial charge in [-0.25, -0.2) is 9.97 Å². The van der Waals surface area contributed by atoms with Crippen molar-refractivity contribution >= 4 is 17.6 Å². The van der Waals surface area contributed by atoms with Crippen molar-refractivity contribution in [1.82, 2.24) is 9.97 Å². The summed E-state index contributed by atoms with van der Waals surface area (Å²) in [6.45, 7) is 0. The van der Waals surface area contributed by atoms with Gasteiger partial charge in [0.15, 0.2) is 5.82 Å². The highest BCUT2D eigenvalue weighted by Crippen LogP contribution is 2.40. The summed E-state index contributed by atoms with van der Waals surface area (Å²) in [5.74, 6) is -0.101. The van der Waals surface area contributed by atoms with Crippen LogP contribution in [0.4, 0.5) is 32.2 Å². The van der Waals surface area contributed by atoms with Crippen molar-refractivity contribution in [3.8, 4) is 11.3 Å². The number of aromatic nitrogens is 2. The number of hydrogen-bond donors (Lipinski definition) is 1. The fraction of sp³-hybridized carbons (Fsp3) is 0.111. The van der Waals surface area contributed by atoms with Crippen LogP contribution in [0.1, 0.15) is 11.1 Å². The molecule has 0 spiro atoms. The van der Waals surface area contributed by atoms with Gasteiger partial charge in [0.05, 0.1) is 23.0 Å². The highest BCUT2D eigenvalue weighted by molar-refractivity contribution is 7.99. The minimum absolute atomic E-state index is 0.00815. The average Bonchev–Trinajstić information content (AvgIpc) is 2.62. The van der Waals surface area contributed by atoms with Gasteiger partial charge >= 0.3 is 12.4 Å². The quantitative estimate of drug-likeness (QED) is 0.540. The Morgan fingerprint density at radius 3 is 1.93 bits per heavy atom. The fourth-order valence-electron chi connectivity index (χ4n) is 2.30. The van der Waals surface area contributed by atoms with Gasteiger partial charge in [-0.2, -0.15) is 26.3 Å². The Kier molecular flexibility index (Phi) is 5.24. The molecule has 2 N–H and O–H groups in total. The maximum absolute atomic E-state index is 13.0. The summed E-state index contributed by atoms with van der Waals surface area (Å²) in [4.78, 5) is 7.88. The predicted molar refractivity (Wildman–Crippen MR) is 92.4 cm³/mol. The van der Waals surface area contributed by atoms with Gasteiger partial charge in [0.25, 0.3) is 0 Å². The van der Waals surface area contributed by atoms with Crippen LogP contribution in [0, 0.1) is 0 Å². The molecule has 1 aromatic heterocycles. The highest BCUT2D eigenvalue weighted by atomic mass is 32.2. The molecule has 0 aliphatic heterocycles. The van der Waals surface area contributed by atoms with Crippen molar-refractivity contribution < 1.29 is 26.3 Å². The number of nitrogens with zero attached hydrogens (tertiary/aromatic N) is 2. The van der Waals surface area contributed by atoms with Crippen molar-refractivity contribution in [3.63, 3.8) is 0 Å². The number of nitrogen functional groups attached to an aromatic ring is 1. The van der Waals surface area contributed by atoms with Gasteiger partial charge in [-0.1, -0.05) is 42.1 Å². The van der Waals surface area contributed by atoms with E-state index in [2.05, 4.69) is 9.97 Å². The van der Waals surface area contributed by atoms with E-state index in [-0.39, 0.29) is 21.8 Å². The van der Waals surface area contributed by atoms with Crippen LogP contribution in [-0.4, -0.2) is 9.97 Å². The number of rotatable bonds is 3. The van der Waals surface area contributed by atoms with Crippen LogP contribution in [0.3, 0.4) is 0 Å². The molecule has 0 aliphatic rings. The monoisotopic (exact) mass is 415 g/mol. The molecule has 0 amide bonds. The minimum Gasteiger partial charge on any atom is -0.381 e. The molecule has 10 heteroatoms. The van der Waals surface area contributed by atoms with Crippen molar-refractivity contribution in [3.05, 3.63) is 65.9 Å². The van der Waals surface area contributed by atoms with Crippen molar-refractivity contribution in [2.75, 3.05) is 5.73 Å². The van der Waals surface area contributed by atoms with Gasteiger partial charge in [-0.15, -0.1) is 0 Å². The molecule has 28 heavy (non-hydrogen) atoms. The molecule has 1 heterocycles. The zero-order valence-corrected chi connectivity index (χ0v) is 14.7. The van der Waals surface area contributed by atoms with Gasteiger partial charge in [-0.3, -0.25) is 0 Å². The third-order valence-corrected chi connectivity index (χ3v) is 4.58. The van der Waals surface area contributed by atoms with Gasteiger partial charge in [0.2, 0.25) is 0 Å². The zero-order valence-electron chi connectivity index (χ0n) is 13.8. The van der Waals surface area contributed by atoms with Gasteiger partial charge in [0, 0.05) is 10.5 Å². The summed E-state index contributed by atoms with van der Waals surface area (Å²) in [5.41, 5.74) is 3.98. The molecular formula is C18H11F6N3S. The molecule has 0 aliphatic carbocycles. The maximum atomic E-state index is 13.0. The Bertz CT molecular complexity index is 955. The van der Waals surface area contributed by atoms with E-state index in [4.69, 9.17) is 5.73 Å². The molecule has 0 radical (unpaired) electrons. The Morgan fingerprint density at radius 1 is 0.821 bits per heavy atom. The van der Waals surface area contributed by atoms with E-state index in [1.807, 2.05) is 0 Å². The summed E-state index contributed by atoms with van der Waals surface area (Å²) in [6.07, 6.45) is -8.48. The Hall–Kier alpha value is -2.75. The first-order chi connectivity index (χ1) is 13.0. The second kappa shape index (κ2) is 7.34. The molecule has 0 atom stereocenters. The summed E-state index contributed by atoms with van der Waals surface area (Å²) in [5, 5.41) is 0.00815. The minimum atomic E-state index is -4.93. The van der Waals surface area contributed by atoms with Crippen LogP contribution >= 0.6 is 11.8 Å². The lowest BCUT2D eigenvalue weighted by Crippen LogP contribution is -2.11. The van der Waals surface area contributed by atoms with Gasteiger partial charge < -0.3 is 5.73 Å². The standard InChI is InChI=1S/C18H11F6N3S/c19-17(20,21)11-6-12(18(22,23)24)8-13(7-11)28-16-15(25)26-9-14(27-16)10-4-2-1-3-5-10/h1-9H,(H2,25,26). The van der Waals surface area contributed by atoms with E-state index < -0.39 is 23.5 Å². The number of halogens is 6. The number of benzene rings is 2. The first kappa shape index (κ1) is 20.0. The number of nitrogens with two attached hydrogens (primary N) is 1. The number of alkyl halides is 6. The van der Waals surface area contributed by atoms with Crippen LogP contribution in [0.5, 0.6) is 0 Å². The molecular weight excluding hydrogens is 404 g/mol. The third-order valence-electron chi connectivity index (χ3n) is 3.61. The second-order valence-corrected chi connectivity index (χ2v) is 6.72. The normalized spacial score (nSPS) is 12.2. The van der Waals surface area contributed by atoms with E-state index in [1.165, 1.54) is 6.20 Å². The molecule has 3 aromatic rings. The Balaban J connectivity index is 2.04. The molecule has 0 unspecified atom stereocenters. The lowest BCUT2D eigenvalue weighted by Gasteiger charge is -2.14. The molecule has 0 bridgehead atoms. The predicted octanol–water partition coefficient (Wildman–Crippen LogP) is 5.91. The zero-order chi connectivity index (χ0) is 20.5. The lowest BCUT2D eigenvalue weighted by atomic mass is 10.1. The van der Waals surface area contributed by atoms with E-state index >= 15 is 0 Å². The van der Waals surface area contributed by atoms with Crippen LogP contribution in [-0.2, 0) is 12.4 Å². The lowest BCUT2D eigenvalue weighted by molar-refractivity contribution is -0.143. The Morgan fingerprint density at radius 2 is 1.39 bits per heavy atom. The summed E-state index contributed by atoms with van der Waals surface area (Å²) in [6, 6.07) is 10.1. The largest absolute Gasteiger partial charge is 0.416 e. The van der Waals surface area contributed by atoms with Crippen LogP contribution in [0.25, 0.3) is 11.3 Å². The fourth-order valence-corrected chi connectivity index (χ4v) is 3.20. The Labute approximate surface area is 159 Å². The van der Waals surface area contributed by atoms with Crippen molar-refractivity contribution in [1.29, 1.82) is 0 Å². The van der Waals surface area contributed by atoms with Crippen LogP contribution in [0.15, 0.2) is 64.6 Å². The third kappa shape index (κ3) is 4.56. The summed E-state index contributed by atoms with van der Waals surface area (Å²) < 4.78 is 78.1. The average molecular weight is 415 g/mol. The van der Waals surface area contributed by atoms with E-state index in [1.54, 1.807) is 30.3 Å². The van der Waals surface area contributed by atoms with Crippen molar-refractivity contribution in [2.45, 2.75) is 22.3 Å².